The molecule has 1 N–H and O–H groups in total. The quantitative estimate of drug-likeness (QED) is 0.683. The van der Waals surface area contributed by atoms with Crippen LogP contribution in [0.25, 0.3) is 0 Å². The van der Waals surface area contributed by atoms with E-state index in [0.29, 0.717) is 5.56 Å². The van der Waals surface area contributed by atoms with Gasteiger partial charge in [0, 0.05) is 16.1 Å². The number of hydrogen-bond donors (Lipinski definition) is 1. The van der Waals surface area contributed by atoms with E-state index in [-0.39, 0.29) is 17.5 Å². The molecule has 19 heavy (non-hydrogen) atoms. The Bertz CT molecular complexity index is 703. The zero-order valence-electron chi connectivity index (χ0n) is 9.52. The van der Waals surface area contributed by atoms with Crippen molar-refractivity contribution in [2.45, 2.75) is 6.54 Å². The van der Waals surface area contributed by atoms with E-state index in [4.69, 9.17) is 11.6 Å². The Balaban J connectivity index is 2.32. The first-order valence-corrected chi connectivity index (χ1v) is 6.43. The highest BCUT2D eigenvalue weighted by molar-refractivity contribution is 9.10. The summed E-state index contributed by atoms with van der Waals surface area (Å²) in [6.07, 6.45) is 0. The van der Waals surface area contributed by atoms with Crippen molar-refractivity contribution in [3.8, 4) is 0 Å². The number of carbonyl (C=O) groups excluding carboxylic acids is 1. The fourth-order valence-electron chi connectivity index (χ4n) is 1.51. The SMILES string of the molecule is O=C(Cn1c(=O)cc(Cl)[nH]c1=O)c1ccc(Br)cc1. The monoisotopic (exact) mass is 342 g/mol. The van der Waals surface area contributed by atoms with E-state index in [9.17, 15) is 14.4 Å². The summed E-state index contributed by atoms with van der Waals surface area (Å²) in [5, 5.41) is -0.0534. The molecule has 0 fully saturated rings. The van der Waals surface area contributed by atoms with Gasteiger partial charge in [-0.1, -0.05) is 39.7 Å². The number of carbonyl (C=O) groups is 1. The third-order valence-electron chi connectivity index (χ3n) is 2.46. The molecule has 7 heteroatoms. The van der Waals surface area contributed by atoms with Crippen LogP contribution >= 0.6 is 27.5 Å². The lowest BCUT2D eigenvalue weighted by molar-refractivity contribution is 0.0969. The Labute approximate surface area is 121 Å². The number of nitrogens with zero attached hydrogens (tertiary/aromatic N) is 1. The van der Waals surface area contributed by atoms with Gasteiger partial charge in [0.1, 0.15) is 5.15 Å². The van der Waals surface area contributed by atoms with Crippen LogP contribution in [0.1, 0.15) is 10.4 Å². The number of halogens is 2. The average molecular weight is 344 g/mol. The summed E-state index contributed by atoms with van der Waals surface area (Å²) in [5.74, 6) is -0.331. The summed E-state index contributed by atoms with van der Waals surface area (Å²) in [6, 6.07) is 7.70. The van der Waals surface area contributed by atoms with Crippen molar-refractivity contribution < 1.29 is 4.79 Å². The molecule has 0 aliphatic heterocycles. The first kappa shape index (κ1) is 13.8. The Morgan fingerprint density at radius 1 is 1.26 bits per heavy atom. The van der Waals surface area contributed by atoms with Gasteiger partial charge in [-0.25, -0.2) is 4.79 Å². The van der Waals surface area contributed by atoms with E-state index >= 15 is 0 Å². The molecule has 0 bridgehead atoms. The van der Waals surface area contributed by atoms with Crippen molar-refractivity contribution in [1.82, 2.24) is 9.55 Å². The molecule has 0 spiro atoms. The van der Waals surface area contributed by atoms with E-state index in [1.807, 2.05) is 0 Å². The topological polar surface area (TPSA) is 71.9 Å². The number of rotatable bonds is 3. The van der Waals surface area contributed by atoms with Crippen molar-refractivity contribution in [3.05, 3.63) is 66.4 Å². The highest BCUT2D eigenvalue weighted by Crippen LogP contribution is 2.11. The first-order chi connectivity index (χ1) is 8.97. The molecule has 1 aromatic heterocycles. The van der Waals surface area contributed by atoms with Crippen LogP contribution in [0.15, 0.2) is 44.4 Å². The second-order valence-electron chi connectivity index (χ2n) is 3.78. The van der Waals surface area contributed by atoms with Gasteiger partial charge in [0.05, 0.1) is 6.54 Å². The molecule has 98 valence electrons. The molecular weight excluding hydrogens is 336 g/mol. The fraction of sp³-hybridized carbons (Fsp3) is 0.0833. The molecule has 2 aromatic rings. The lowest BCUT2D eigenvalue weighted by Crippen LogP contribution is -2.36. The number of ketones is 1. The largest absolute Gasteiger partial charge is 0.329 e. The minimum atomic E-state index is -0.706. The number of aromatic nitrogens is 2. The standard InChI is InChI=1S/C12H8BrClN2O3/c13-8-3-1-7(2-4-8)9(17)6-16-11(18)5-10(14)15-12(16)19/h1-5H,6H2,(H,15,19). The van der Waals surface area contributed by atoms with Crippen molar-refractivity contribution in [2.24, 2.45) is 0 Å². The highest BCUT2D eigenvalue weighted by atomic mass is 79.9. The van der Waals surface area contributed by atoms with Crippen LogP contribution in [0.5, 0.6) is 0 Å². The molecule has 0 aliphatic rings. The smallest absolute Gasteiger partial charge is 0.298 e. The van der Waals surface area contributed by atoms with Crippen molar-refractivity contribution >= 4 is 33.3 Å². The van der Waals surface area contributed by atoms with E-state index in [2.05, 4.69) is 20.9 Å². The van der Waals surface area contributed by atoms with Gasteiger partial charge in [0.2, 0.25) is 0 Å². The minimum absolute atomic E-state index is 0.0534. The zero-order valence-corrected chi connectivity index (χ0v) is 11.9. The fourth-order valence-corrected chi connectivity index (χ4v) is 1.95. The maximum absolute atomic E-state index is 12.0. The van der Waals surface area contributed by atoms with Crippen molar-refractivity contribution in [1.29, 1.82) is 0 Å². The van der Waals surface area contributed by atoms with Gasteiger partial charge in [-0.3, -0.25) is 19.1 Å². The summed E-state index contributed by atoms with van der Waals surface area (Å²) in [4.78, 5) is 37.3. The van der Waals surface area contributed by atoms with Crippen LogP contribution in [-0.4, -0.2) is 15.3 Å². The Hall–Kier alpha value is -1.66. The third kappa shape index (κ3) is 3.21. The van der Waals surface area contributed by atoms with Crippen LogP contribution < -0.4 is 11.2 Å². The lowest BCUT2D eigenvalue weighted by atomic mass is 10.1. The zero-order chi connectivity index (χ0) is 14.0. The van der Waals surface area contributed by atoms with Crippen LogP contribution in [0, 0.1) is 0 Å². The van der Waals surface area contributed by atoms with Gasteiger partial charge in [-0.15, -0.1) is 0 Å². The van der Waals surface area contributed by atoms with Crippen molar-refractivity contribution in [3.63, 3.8) is 0 Å². The van der Waals surface area contributed by atoms with Gasteiger partial charge in [-0.2, -0.15) is 0 Å². The molecule has 1 heterocycles. The Morgan fingerprint density at radius 2 is 1.89 bits per heavy atom. The summed E-state index contributed by atoms with van der Waals surface area (Å²) >= 11 is 8.79. The number of H-pyrrole nitrogens is 1. The number of hydrogen-bond acceptors (Lipinski definition) is 3. The highest BCUT2D eigenvalue weighted by Gasteiger charge is 2.10. The number of Topliss-reactive ketones (excluding diaryl/α,β-unsaturated/α-hetero) is 1. The molecule has 5 nitrogen and oxygen atoms in total. The van der Waals surface area contributed by atoms with E-state index < -0.39 is 11.2 Å². The predicted octanol–water partition coefficient (Wildman–Crippen LogP) is 1.84. The van der Waals surface area contributed by atoms with Crippen LogP contribution in [0.2, 0.25) is 5.15 Å². The average Bonchev–Trinajstić information content (AvgIpc) is 2.34. The normalized spacial score (nSPS) is 10.4. The number of aromatic amines is 1. The summed E-state index contributed by atoms with van der Waals surface area (Å²) in [6.45, 7) is -0.326. The van der Waals surface area contributed by atoms with Gasteiger partial charge in [0.25, 0.3) is 5.56 Å². The summed E-state index contributed by atoms with van der Waals surface area (Å²) in [7, 11) is 0. The molecule has 0 radical (unpaired) electrons. The summed E-state index contributed by atoms with van der Waals surface area (Å²) < 4.78 is 1.64. The molecule has 0 unspecified atom stereocenters. The third-order valence-corrected chi connectivity index (χ3v) is 3.19. The second-order valence-corrected chi connectivity index (χ2v) is 5.10. The van der Waals surface area contributed by atoms with E-state index in [1.54, 1.807) is 24.3 Å². The van der Waals surface area contributed by atoms with E-state index in [1.165, 1.54) is 0 Å². The van der Waals surface area contributed by atoms with Crippen LogP contribution in [0.3, 0.4) is 0 Å². The Kier molecular flexibility index (Phi) is 4.01. The maximum Gasteiger partial charge on any atom is 0.329 e. The molecule has 0 amide bonds. The molecule has 0 saturated carbocycles. The molecular formula is C12H8BrClN2O3. The van der Waals surface area contributed by atoms with E-state index in [0.717, 1.165) is 15.1 Å². The summed E-state index contributed by atoms with van der Waals surface area (Å²) in [5.41, 5.74) is -0.897. The first-order valence-electron chi connectivity index (χ1n) is 5.26. The van der Waals surface area contributed by atoms with Crippen LogP contribution in [0.4, 0.5) is 0 Å². The predicted molar refractivity (Wildman–Crippen MR) is 74.8 cm³/mol. The minimum Gasteiger partial charge on any atom is -0.298 e. The lowest BCUT2D eigenvalue weighted by Gasteiger charge is -2.04. The number of benzene rings is 1. The molecule has 0 aliphatic carbocycles. The van der Waals surface area contributed by atoms with Gasteiger partial charge in [-0.05, 0) is 12.1 Å². The Morgan fingerprint density at radius 3 is 2.47 bits per heavy atom. The second kappa shape index (κ2) is 5.54. The van der Waals surface area contributed by atoms with Crippen molar-refractivity contribution in [2.75, 3.05) is 0 Å². The molecule has 0 atom stereocenters. The molecule has 0 saturated heterocycles. The van der Waals surface area contributed by atoms with Gasteiger partial charge < -0.3 is 0 Å². The van der Waals surface area contributed by atoms with Gasteiger partial charge in [0.15, 0.2) is 5.78 Å². The molecule has 2 rings (SSSR count). The maximum atomic E-state index is 12.0. The van der Waals surface area contributed by atoms with Crippen LogP contribution in [-0.2, 0) is 6.54 Å². The molecule has 1 aromatic carbocycles. The van der Waals surface area contributed by atoms with Gasteiger partial charge >= 0.3 is 5.69 Å². The number of nitrogens with one attached hydrogen (secondary N) is 1.